The van der Waals surface area contributed by atoms with Gasteiger partial charge in [-0.1, -0.05) is 23.7 Å². The molecule has 0 atom stereocenters. The van der Waals surface area contributed by atoms with Crippen LogP contribution >= 0.6 is 11.6 Å². The Morgan fingerprint density at radius 3 is 2.38 bits per heavy atom. The van der Waals surface area contributed by atoms with E-state index in [1.165, 1.54) is 24.3 Å². The lowest BCUT2D eigenvalue weighted by atomic mass is 10.1. The average Bonchev–Trinajstić information content (AvgIpc) is 3.39. The molecule has 1 aliphatic carbocycles. The number of rotatable bonds is 5. The SMILES string of the molecule is CS(=O)(=O)c1ccccc1C(=O)Nc1ccc(Cl)c(C(=O)NC2CC2)c1. The minimum absolute atomic E-state index is 0.0360. The molecule has 1 aliphatic rings. The summed E-state index contributed by atoms with van der Waals surface area (Å²) in [5, 5.41) is 5.73. The summed E-state index contributed by atoms with van der Waals surface area (Å²) in [5.41, 5.74) is 0.644. The van der Waals surface area contributed by atoms with E-state index in [0.29, 0.717) is 5.69 Å². The fourth-order valence-corrected chi connectivity index (χ4v) is 3.53. The molecule has 3 rings (SSSR count). The molecule has 1 saturated carbocycles. The van der Waals surface area contributed by atoms with Crippen LogP contribution in [0.1, 0.15) is 33.6 Å². The summed E-state index contributed by atoms with van der Waals surface area (Å²) in [7, 11) is -3.55. The summed E-state index contributed by atoms with van der Waals surface area (Å²) < 4.78 is 23.7. The van der Waals surface area contributed by atoms with Crippen molar-refractivity contribution in [2.24, 2.45) is 0 Å². The molecule has 0 bridgehead atoms. The van der Waals surface area contributed by atoms with Gasteiger partial charge in [0.05, 0.1) is 21.0 Å². The van der Waals surface area contributed by atoms with E-state index >= 15 is 0 Å². The second kappa shape index (κ2) is 7.09. The Bertz CT molecular complexity index is 984. The normalized spacial score (nSPS) is 13.9. The van der Waals surface area contributed by atoms with E-state index in [-0.39, 0.29) is 33.0 Å². The first kappa shape index (κ1) is 18.4. The highest BCUT2D eigenvalue weighted by Crippen LogP contribution is 2.25. The zero-order valence-corrected chi connectivity index (χ0v) is 15.5. The number of carbonyl (C=O) groups excluding carboxylic acids is 2. The van der Waals surface area contributed by atoms with Crippen molar-refractivity contribution in [3.63, 3.8) is 0 Å². The van der Waals surface area contributed by atoms with Gasteiger partial charge in [-0.15, -0.1) is 0 Å². The van der Waals surface area contributed by atoms with Crippen molar-refractivity contribution in [1.29, 1.82) is 0 Å². The Hall–Kier alpha value is -2.38. The van der Waals surface area contributed by atoms with Gasteiger partial charge in [-0.05, 0) is 43.2 Å². The molecule has 2 N–H and O–H groups in total. The van der Waals surface area contributed by atoms with E-state index in [2.05, 4.69) is 10.6 Å². The Balaban J connectivity index is 1.85. The number of amides is 2. The molecule has 0 aromatic heterocycles. The molecule has 0 radical (unpaired) electrons. The van der Waals surface area contributed by atoms with Crippen LogP contribution in [0.4, 0.5) is 5.69 Å². The number of hydrogen-bond donors (Lipinski definition) is 2. The van der Waals surface area contributed by atoms with Crippen LogP contribution in [-0.2, 0) is 9.84 Å². The van der Waals surface area contributed by atoms with Gasteiger partial charge >= 0.3 is 0 Å². The van der Waals surface area contributed by atoms with Crippen LogP contribution in [-0.4, -0.2) is 32.5 Å². The molecule has 6 nitrogen and oxygen atoms in total. The van der Waals surface area contributed by atoms with Crippen molar-refractivity contribution < 1.29 is 18.0 Å². The maximum Gasteiger partial charge on any atom is 0.256 e. The minimum atomic E-state index is -3.55. The smallest absolute Gasteiger partial charge is 0.256 e. The second-order valence-corrected chi connectivity index (χ2v) is 8.56. The highest BCUT2D eigenvalue weighted by Gasteiger charge is 2.25. The number of benzene rings is 2. The molecule has 26 heavy (non-hydrogen) atoms. The van der Waals surface area contributed by atoms with Gasteiger partial charge in [-0.3, -0.25) is 9.59 Å². The van der Waals surface area contributed by atoms with Gasteiger partial charge in [-0.25, -0.2) is 8.42 Å². The largest absolute Gasteiger partial charge is 0.349 e. The highest BCUT2D eigenvalue weighted by atomic mass is 35.5. The lowest BCUT2D eigenvalue weighted by Gasteiger charge is -2.11. The van der Waals surface area contributed by atoms with E-state index in [9.17, 15) is 18.0 Å². The predicted octanol–water partition coefficient (Wildman–Crippen LogP) is 2.89. The molecule has 0 aliphatic heterocycles. The van der Waals surface area contributed by atoms with Crippen molar-refractivity contribution in [1.82, 2.24) is 5.32 Å². The standard InChI is InChI=1S/C18H17ClN2O4S/c1-26(24,25)16-5-3-2-4-13(16)17(22)21-12-8-9-15(19)14(10-12)18(23)20-11-6-7-11/h2-5,8-11H,6-7H2,1H3,(H,20,23)(H,21,22). The second-order valence-electron chi connectivity index (χ2n) is 6.16. The zero-order valence-electron chi connectivity index (χ0n) is 14.0. The first-order chi connectivity index (χ1) is 12.3. The molecule has 0 heterocycles. The summed E-state index contributed by atoms with van der Waals surface area (Å²) in [6.45, 7) is 0. The van der Waals surface area contributed by atoms with Gasteiger partial charge in [-0.2, -0.15) is 0 Å². The van der Waals surface area contributed by atoms with Crippen LogP contribution < -0.4 is 10.6 Å². The highest BCUT2D eigenvalue weighted by molar-refractivity contribution is 7.90. The van der Waals surface area contributed by atoms with E-state index in [0.717, 1.165) is 19.1 Å². The van der Waals surface area contributed by atoms with Crippen molar-refractivity contribution in [2.75, 3.05) is 11.6 Å². The minimum Gasteiger partial charge on any atom is -0.349 e. The van der Waals surface area contributed by atoms with Crippen LogP contribution in [0.5, 0.6) is 0 Å². The maximum atomic E-state index is 12.5. The third kappa shape index (κ3) is 4.23. The summed E-state index contributed by atoms with van der Waals surface area (Å²) >= 11 is 6.08. The molecule has 2 aromatic rings. The van der Waals surface area contributed by atoms with E-state index in [1.807, 2.05) is 0 Å². The molecule has 8 heteroatoms. The third-order valence-corrected chi connectivity index (χ3v) is 5.40. The first-order valence-corrected chi connectivity index (χ1v) is 10.2. The number of carbonyl (C=O) groups is 2. The molecule has 0 saturated heterocycles. The Kier molecular flexibility index (Phi) is 5.02. The van der Waals surface area contributed by atoms with Crippen molar-refractivity contribution in [3.05, 3.63) is 58.6 Å². The van der Waals surface area contributed by atoms with Crippen molar-refractivity contribution in [2.45, 2.75) is 23.8 Å². The number of nitrogens with one attached hydrogen (secondary N) is 2. The van der Waals surface area contributed by atoms with Crippen molar-refractivity contribution >= 4 is 38.9 Å². The van der Waals surface area contributed by atoms with Crippen LogP contribution in [0.2, 0.25) is 5.02 Å². The van der Waals surface area contributed by atoms with Crippen LogP contribution in [0, 0.1) is 0 Å². The van der Waals surface area contributed by atoms with Gasteiger partial charge in [0.25, 0.3) is 11.8 Å². The molecule has 0 unspecified atom stereocenters. The van der Waals surface area contributed by atoms with Crippen LogP contribution in [0.15, 0.2) is 47.4 Å². The van der Waals surface area contributed by atoms with Gasteiger partial charge in [0.2, 0.25) is 0 Å². The number of halogens is 1. The molecule has 0 spiro atoms. The quantitative estimate of drug-likeness (QED) is 0.818. The molecule has 136 valence electrons. The van der Waals surface area contributed by atoms with Gasteiger partial charge in [0.15, 0.2) is 9.84 Å². The predicted molar refractivity (Wildman–Crippen MR) is 99.4 cm³/mol. The van der Waals surface area contributed by atoms with Gasteiger partial charge in [0, 0.05) is 18.0 Å². The third-order valence-electron chi connectivity index (χ3n) is 3.91. The molecular formula is C18H17ClN2O4S. The van der Waals surface area contributed by atoms with Crippen LogP contribution in [0.25, 0.3) is 0 Å². The summed E-state index contributed by atoms with van der Waals surface area (Å²) in [6.07, 6.45) is 2.94. The lowest BCUT2D eigenvalue weighted by Crippen LogP contribution is -2.26. The van der Waals surface area contributed by atoms with E-state index in [4.69, 9.17) is 11.6 Å². The fourth-order valence-electron chi connectivity index (χ4n) is 2.44. The molecule has 2 aromatic carbocycles. The summed E-state index contributed by atoms with van der Waals surface area (Å²) in [6, 6.07) is 10.7. The Morgan fingerprint density at radius 2 is 1.73 bits per heavy atom. The number of anilines is 1. The maximum absolute atomic E-state index is 12.5. The Labute approximate surface area is 156 Å². The lowest BCUT2D eigenvalue weighted by molar-refractivity contribution is 0.0949. The molecule has 2 amide bonds. The fraction of sp³-hybridized carbons (Fsp3) is 0.222. The Morgan fingerprint density at radius 1 is 1.04 bits per heavy atom. The van der Waals surface area contributed by atoms with Gasteiger partial charge in [0.1, 0.15) is 0 Å². The summed E-state index contributed by atoms with van der Waals surface area (Å²) in [5.74, 6) is -0.882. The average molecular weight is 393 g/mol. The van der Waals surface area contributed by atoms with Crippen molar-refractivity contribution in [3.8, 4) is 0 Å². The van der Waals surface area contributed by atoms with E-state index in [1.54, 1.807) is 18.2 Å². The number of sulfone groups is 1. The zero-order chi connectivity index (χ0) is 18.9. The molecular weight excluding hydrogens is 376 g/mol. The topological polar surface area (TPSA) is 92.3 Å². The van der Waals surface area contributed by atoms with Gasteiger partial charge < -0.3 is 10.6 Å². The van der Waals surface area contributed by atoms with E-state index < -0.39 is 15.7 Å². The molecule has 1 fully saturated rings. The monoisotopic (exact) mass is 392 g/mol. The first-order valence-electron chi connectivity index (χ1n) is 7.96. The number of hydrogen-bond acceptors (Lipinski definition) is 4. The summed E-state index contributed by atoms with van der Waals surface area (Å²) in [4.78, 5) is 24.7. The van der Waals surface area contributed by atoms with Crippen LogP contribution in [0.3, 0.4) is 0 Å².